The van der Waals surface area contributed by atoms with E-state index in [1.807, 2.05) is 0 Å². The number of nitrogens with one attached hydrogen (secondary N) is 2. The maximum absolute atomic E-state index is 12.8. The summed E-state index contributed by atoms with van der Waals surface area (Å²) >= 11 is 2.57. The van der Waals surface area contributed by atoms with Crippen molar-refractivity contribution in [2.24, 2.45) is 0 Å². The normalized spacial score (nSPS) is 13.3. The van der Waals surface area contributed by atoms with Gasteiger partial charge in [-0.15, -0.1) is 16.4 Å². The highest BCUT2D eigenvalue weighted by atomic mass is 32.1. The first-order valence-corrected chi connectivity index (χ1v) is 10.2. The maximum atomic E-state index is 12.8. The number of amides is 2. The van der Waals surface area contributed by atoms with Gasteiger partial charge in [0.1, 0.15) is 9.88 Å². The maximum Gasteiger partial charge on any atom is 0.269 e. The monoisotopic (exact) mass is 394 g/mol. The highest BCUT2D eigenvalue weighted by Crippen LogP contribution is 2.38. The van der Waals surface area contributed by atoms with E-state index in [4.69, 9.17) is 4.74 Å². The van der Waals surface area contributed by atoms with Crippen LogP contribution in [0.25, 0.3) is 0 Å². The molecular weight excluding hydrogens is 372 g/mol. The molecule has 3 rings (SSSR count). The Bertz CT molecular complexity index is 800. The number of rotatable bonds is 7. The molecule has 0 unspecified atom stereocenters. The third-order valence-electron chi connectivity index (χ3n) is 4.29. The molecule has 140 valence electrons. The largest absolute Gasteiger partial charge is 0.385 e. The molecule has 0 saturated heterocycles. The number of carbonyl (C=O) groups is 2. The van der Waals surface area contributed by atoms with Gasteiger partial charge in [-0.2, -0.15) is 0 Å². The predicted molar refractivity (Wildman–Crippen MR) is 102 cm³/mol. The third-order valence-corrected chi connectivity index (χ3v) is 6.33. The van der Waals surface area contributed by atoms with Crippen LogP contribution in [0.1, 0.15) is 55.4 Å². The van der Waals surface area contributed by atoms with Crippen molar-refractivity contribution in [1.29, 1.82) is 0 Å². The smallest absolute Gasteiger partial charge is 0.269 e. The van der Waals surface area contributed by atoms with Gasteiger partial charge >= 0.3 is 0 Å². The van der Waals surface area contributed by atoms with Crippen molar-refractivity contribution in [2.45, 2.75) is 39.0 Å². The van der Waals surface area contributed by atoms with Crippen molar-refractivity contribution in [3.05, 3.63) is 26.6 Å². The van der Waals surface area contributed by atoms with Gasteiger partial charge < -0.3 is 15.4 Å². The lowest BCUT2D eigenvalue weighted by molar-refractivity contribution is 0.0948. The van der Waals surface area contributed by atoms with Gasteiger partial charge in [0.2, 0.25) is 0 Å². The van der Waals surface area contributed by atoms with E-state index in [1.54, 1.807) is 14.0 Å². The third kappa shape index (κ3) is 4.11. The molecule has 0 atom stereocenters. The van der Waals surface area contributed by atoms with Crippen LogP contribution >= 0.6 is 22.9 Å². The Morgan fingerprint density at radius 2 is 2.04 bits per heavy atom. The fourth-order valence-electron chi connectivity index (χ4n) is 3.00. The van der Waals surface area contributed by atoms with E-state index < -0.39 is 0 Å². The molecule has 0 aromatic carbocycles. The standard InChI is InChI=1S/C17H22N4O3S2/c1-10-14(26-21-20-10)16(23)19-17-13(15(22)18-8-5-9-24-2)11-6-3-4-7-12(11)25-17/h3-9H2,1-2H3,(H,18,22)(H,19,23). The molecule has 2 aromatic heterocycles. The van der Waals surface area contributed by atoms with Gasteiger partial charge in [-0.05, 0) is 56.1 Å². The fourth-order valence-corrected chi connectivity index (χ4v) is 4.83. The van der Waals surface area contributed by atoms with Crippen molar-refractivity contribution in [2.75, 3.05) is 25.6 Å². The SMILES string of the molecule is COCCCNC(=O)c1c(NC(=O)c2snnc2C)sc2c1CCCC2. The van der Waals surface area contributed by atoms with Crippen molar-refractivity contribution in [3.63, 3.8) is 0 Å². The van der Waals surface area contributed by atoms with Crippen LogP contribution < -0.4 is 10.6 Å². The Balaban J connectivity index is 1.82. The summed E-state index contributed by atoms with van der Waals surface area (Å²) in [5.41, 5.74) is 2.30. The summed E-state index contributed by atoms with van der Waals surface area (Å²) in [6.45, 7) is 2.90. The van der Waals surface area contributed by atoms with Crippen LogP contribution in [0.5, 0.6) is 0 Å². The minimum Gasteiger partial charge on any atom is -0.385 e. The second kappa shape index (κ2) is 8.70. The van der Waals surface area contributed by atoms with Gasteiger partial charge in [0.25, 0.3) is 11.8 Å². The van der Waals surface area contributed by atoms with E-state index in [0.29, 0.717) is 34.3 Å². The molecule has 26 heavy (non-hydrogen) atoms. The van der Waals surface area contributed by atoms with Crippen LogP contribution in [0.2, 0.25) is 0 Å². The van der Waals surface area contributed by atoms with Crippen LogP contribution in [-0.4, -0.2) is 41.7 Å². The van der Waals surface area contributed by atoms with Gasteiger partial charge in [0, 0.05) is 25.1 Å². The number of ether oxygens (including phenoxy) is 1. The number of fused-ring (bicyclic) bond motifs is 1. The van der Waals surface area contributed by atoms with Gasteiger partial charge in [-0.3, -0.25) is 9.59 Å². The lowest BCUT2D eigenvalue weighted by atomic mass is 9.95. The van der Waals surface area contributed by atoms with Crippen molar-refractivity contribution < 1.29 is 14.3 Å². The fraction of sp³-hybridized carbons (Fsp3) is 0.529. The van der Waals surface area contributed by atoms with E-state index in [0.717, 1.165) is 49.2 Å². The molecular formula is C17H22N4O3S2. The number of nitrogens with zero attached hydrogens (tertiary/aromatic N) is 2. The molecule has 1 aliphatic rings. The number of hydrogen-bond acceptors (Lipinski definition) is 7. The van der Waals surface area contributed by atoms with E-state index in [1.165, 1.54) is 16.2 Å². The molecule has 0 fully saturated rings. The lowest BCUT2D eigenvalue weighted by Crippen LogP contribution is -2.27. The first kappa shape index (κ1) is 18.9. The average molecular weight is 395 g/mol. The highest BCUT2D eigenvalue weighted by molar-refractivity contribution is 7.17. The number of methoxy groups -OCH3 is 1. The minimum atomic E-state index is -0.260. The molecule has 0 bridgehead atoms. The molecule has 2 heterocycles. The van der Waals surface area contributed by atoms with Gasteiger partial charge in [0.05, 0.1) is 11.3 Å². The minimum absolute atomic E-state index is 0.130. The Kier molecular flexibility index (Phi) is 6.33. The zero-order chi connectivity index (χ0) is 18.5. The van der Waals surface area contributed by atoms with Crippen molar-refractivity contribution >= 4 is 39.7 Å². The Morgan fingerprint density at radius 3 is 2.77 bits per heavy atom. The molecule has 0 spiro atoms. The highest BCUT2D eigenvalue weighted by Gasteiger charge is 2.27. The summed E-state index contributed by atoms with van der Waals surface area (Å²) in [7, 11) is 1.64. The topological polar surface area (TPSA) is 93.2 Å². The van der Waals surface area contributed by atoms with Crippen molar-refractivity contribution in [1.82, 2.24) is 14.9 Å². The van der Waals surface area contributed by atoms with Crippen LogP contribution in [-0.2, 0) is 17.6 Å². The molecule has 1 aliphatic carbocycles. The van der Waals surface area contributed by atoms with Gasteiger partial charge in [0.15, 0.2) is 0 Å². The molecule has 7 nitrogen and oxygen atoms in total. The van der Waals surface area contributed by atoms with Crippen LogP contribution in [0.15, 0.2) is 0 Å². The molecule has 2 amide bonds. The molecule has 2 aromatic rings. The Labute approximate surface area is 160 Å². The zero-order valence-electron chi connectivity index (χ0n) is 14.9. The van der Waals surface area contributed by atoms with Crippen molar-refractivity contribution in [3.8, 4) is 0 Å². The summed E-state index contributed by atoms with van der Waals surface area (Å²) in [4.78, 5) is 27.0. The number of hydrogen-bond donors (Lipinski definition) is 2. The first-order valence-electron chi connectivity index (χ1n) is 8.63. The Hall–Kier alpha value is -1.84. The number of aryl methyl sites for hydroxylation is 2. The second-order valence-corrected chi connectivity index (χ2v) is 8.02. The summed E-state index contributed by atoms with van der Waals surface area (Å²) in [5, 5.41) is 10.4. The summed E-state index contributed by atoms with van der Waals surface area (Å²) < 4.78 is 8.82. The quantitative estimate of drug-likeness (QED) is 0.705. The molecule has 9 heteroatoms. The van der Waals surface area contributed by atoms with E-state index in [-0.39, 0.29) is 11.8 Å². The Morgan fingerprint density at radius 1 is 1.23 bits per heavy atom. The van der Waals surface area contributed by atoms with E-state index >= 15 is 0 Å². The summed E-state index contributed by atoms with van der Waals surface area (Å²) in [6, 6.07) is 0. The summed E-state index contributed by atoms with van der Waals surface area (Å²) in [6.07, 6.45) is 4.78. The van der Waals surface area contributed by atoms with Gasteiger partial charge in [-0.25, -0.2) is 0 Å². The first-order chi connectivity index (χ1) is 12.6. The molecule has 0 aliphatic heterocycles. The number of thiophene rings is 1. The molecule has 2 N–H and O–H groups in total. The zero-order valence-corrected chi connectivity index (χ0v) is 16.5. The van der Waals surface area contributed by atoms with Crippen LogP contribution in [0, 0.1) is 6.92 Å². The molecule has 0 radical (unpaired) electrons. The summed E-state index contributed by atoms with van der Waals surface area (Å²) in [5.74, 6) is -0.389. The van der Waals surface area contributed by atoms with Gasteiger partial charge in [-0.1, -0.05) is 4.49 Å². The van der Waals surface area contributed by atoms with Crippen LogP contribution in [0.3, 0.4) is 0 Å². The average Bonchev–Trinajstić information content (AvgIpc) is 3.21. The lowest BCUT2D eigenvalue weighted by Gasteiger charge is -2.13. The second-order valence-electron chi connectivity index (χ2n) is 6.16. The van der Waals surface area contributed by atoms with E-state index in [9.17, 15) is 9.59 Å². The molecule has 0 saturated carbocycles. The number of carbonyl (C=O) groups excluding carboxylic acids is 2. The van der Waals surface area contributed by atoms with E-state index in [2.05, 4.69) is 20.2 Å². The van der Waals surface area contributed by atoms with Crippen LogP contribution in [0.4, 0.5) is 5.00 Å². The number of aromatic nitrogens is 2. The number of anilines is 1. The predicted octanol–water partition coefficient (Wildman–Crippen LogP) is 2.81.